The number of hydrogen-bond donors (Lipinski definition) is 0. The van der Waals surface area contributed by atoms with E-state index >= 15 is 0 Å². The van der Waals surface area contributed by atoms with Crippen LogP contribution < -0.4 is 0 Å². The lowest BCUT2D eigenvalue weighted by atomic mass is 10.1. The molecular formula is C17H24O4. The minimum atomic E-state index is -0.958. The average Bonchev–Trinajstić information content (AvgIpc) is 2.50. The summed E-state index contributed by atoms with van der Waals surface area (Å²) in [7, 11) is 3.18. The Labute approximate surface area is 126 Å². The second-order valence-corrected chi connectivity index (χ2v) is 5.48. The first-order valence-corrected chi connectivity index (χ1v) is 7.10. The highest BCUT2D eigenvalue weighted by Crippen LogP contribution is 2.36. The van der Waals surface area contributed by atoms with E-state index in [9.17, 15) is 0 Å². The molecule has 0 spiro atoms. The fourth-order valence-corrected chi connectivity index (χ4v) is 2.36. The fraction of sp³-hybridized carbons (Fsp3) is 0.529. The Morgan fingerprint density at radius 1 is 1.14 bits per heavy atom. The third-order valence-corrected chi connectivity index (χ3v) is 4.18. The zero-order chi connectivity index (χ0) is 15.5. The van der Waals surface area contributed by atoms with Gasteiger partial charge >= 0.3 is 0 Å². The van der Waals surface area contributed by atoms with E-state index in [2.05, 4.69) is 25.1 Å². The summed E-state index contributed by atoms with van der Waals surface area (Å²) in [5.74, 6) is -1.88. The van der Waals surface area contributed by atoms with Crippen LogP contribution in [0, 0.1) is 6.92 Å². The molecule has 0 N–H and O–H groups in total. The van der Waals surface area contributed by atoms with Crippen molar-refractivity contribution in [1.82, 2.24) is 0 Å². The van der Waals surface area contributed by atoms with Crippen LogP contribution in [-0.4, -0.2) is 38.5 Å². The lowest BCUT2D eigenvalue weighted by molar-refractivity contribution is -0.425. The molecule has 0 saturated carbocycles. The topological polar surface area (TPSA) is 36.9 Å². The van der Waals surface area contributed by atoms with Crippen LogP contribution in [0.5, 0.6) is 0 Å². The number of rotatable bonds is 4. The molecule has 0 unspecified atom stereocenters. The maximum Gasteiger partial charge on any atom is 0.220 e. The number of ether oxygens (including phenoxy) is 4. The van der Waals surface area contributed by atoms with E-state index in [1.807, 2.05) is 32.1 Å². The molecule has 0 aliphatic carbocycles. The SMILES string of the molecule is CO[C@]1(C)OC[C@H](/C=C/c2ccccc2C)O[C@@]1(C)OC. The summed E-state index contributed by atoms with van der Waals surface area (Å²) in [4.78, 5) is 0. The molecule has 0 bridgehead atoms. The zero-order valence-electron chi connectivity index (χ0n) is 13.4. The second-order valence-electron chi connectivity index (χ2n) is 5.48. The normalized spacial score (nSPS) is 33.5. The van der Waals surface area contributed by atoms with Crippen LogP contribution in [0.15, 0.2) is 30.3 Å². The first-order valence-electron chi connectivity index (χ1n) is 7.10. The molecule has 21 heavy (non-hydrogen) atoms. The predicted octanol–water partition coefficient (Wildman–Crippen LogP) is 3.15. The van der Waals surface area contributed by atoms with E-state index in [0.717, 1.165) is 0 Å². The lowest BCUT2D eigenvalue weighted by Gasteiger charge is -2.48. The summed E-state index contributed by atoms with van der Waals surface area (Å²) in [6, 6.07) is 8.20. The largest absolute Gasteiger partial charge is 0.349 e. The van der Waals surface area contributed by atoms with E-state index in [-0.39, 0.29) is 6.10 Å². The number of methoxy groups -OCH3 is 2. The van der Waals surface area contributed by atoms with Gasteiger partial charge in [0, 0.05) is 14.2 Å². The second kappa shape index (κ2) is 6.28. The highest BCUT2D eigenvalue weighted by molar-refractivity contribution is 5.53. The first-order chi connectivity index (χ1) is 9.94. The van der Waals surface area contributed by atoms with E-state index in [1.54, 1.807) is 14.2 Å². The molecule has 0 radical (unpaired) electrons. The maximum atomic E-state index is 6.03. The molecule has 1 heterocycles. The molecule has 116 valence electrons. The van der Waals surface area contributed by atoms with Crippen LogP contribution in [0.2, 0.25) is 0 Å². The number of hydrogen-bond acceptors (Lipinski definition) is 4. The molecule has 1 saturated heterocycles. The molecule has 0 aromatic heterocycles. The third kappa shape index (κ3) is 3.19. The van der Waals surface area contributed by atoms with Gasteiger partial charge in [-0.15, -0.1) is 0 Å². The Morgan fingerprint density at radius 2 is 1.81 bits per heavy atom. The monoisotopic (exact) mass is 292 g/mol. The Kier molecular flexibility index (Phi) is 4.84. The van der Waals surface area contributed by atoms with Crippen molar-refractivity contribution < 1.29 is 18.9 Å². The van der Waals surface area contributed by atoms with Crippen LogP contribution in [0.4, 0.5) is 0 Å². The Hall–Kier alpha value is -1.20. The predicted molar refractivity (Wildman–Crippen MR) is 81.9 cm³/mol. The Morgan fingerprint density at radius 3 is 2.43 bits per heavy atom. The van der Waals surface area contributed by atoms with Crippen molar-refractivity contribution in [2.24, 2.45) is 0 Å². The third-order valence-electron chi connectivity index (χ3n) is 4.18. The van der Waals surface area contributed by atoms with E-state index in [0.29, 0.717) is 6.61 Å². The quantitative estimate of drug-likeness (QED) is 0.854. The summed E-state index contributed by atoms with van der Waals surface area (Å²) < 4.78 is 22.8. The van der Waals surface area contributed by atoms with Crippen LogP contribution in [0.25, 0.3) is 6.08 Å². The van der Waals surface area contributed by atoms with Gasteiger partial charge in [-0.05, 0) is 31.9 Å². The highest BCUT2D eigenvalue weighted by Gasteiger charge is 2.52. The van der Waals surface area contributed by atoms with Gasteiger partial charge in [-0.1, -0.05) is 36.4 Å². The summed E-state index contributed by atoms with van der Waals surface area (Å²) >= 11 is 0. The number of aryl methyl sites for hydroxylation is 1. The van der Waals surface area contributed by atoms with Gasteiger partial charge in [0.15, 0.2) is 0 Å². The summed E-state index contributed by atoms with van der Waals surface area (Å²) in [6.45, 7) is 6.15. The molecule has 1 aromatic rings. The molecule has 4 nitrogen and oxygen atoms in total. The molecule has 1 fully saturated rings. The molecule has 1 aromatic carbocycles. The van der Waals surface area contributed by atoms with Crippen molar-refractivity contribution >= 4 is 6.08 Å². The van der Waals surface area contributed by atoms with Crippen molar-refractivity contribution in [1.29, 1.82) is 0 Å². The Bertz CT molecular complexity index is 513. The van der Waals surface area contributed by atoms with Gasteiger partial charge in [-0.3, -0.25) is 0 Å². The highest BCUT2D eigenvalue weighted by atomic mass is 16.8. The molecule has 4 heteroatoms. The standard InChI is InChI=1S/C17H24O4/c1-13-8-6-7-9-14(13)10-11-15-12-20-16(2,18-4)17(3,19-5)21-15/h6-11,15H,12H2,1-5H3/b11-10+/t15-,16+,17+/m0/s1. The average molecular weight is 292 g/mol. The summed E-state index contributed by atoms with van der Waals surface area (Å²) in [5.41, 5.74) is 2.39. The zero-order valence-corrected chi connectivity index (χ0v) is 13.4. The van der Waals surface area contributed by atoms with Gasteiger partial charge in [-0.25, -0.2) is 0 Å². The van der Waals surface area contributed by atoms with E-state index in [4.69, 9.17) is 18.9 Å². The van der Waals surface area contributed by atoms with Crippen LogP contribution in [0.1, 0.15) is 25.0 Å². The summed E-state index contributed by atoms with van der Waals surface area (Å²) in [5, 5.41) is 0. The van der Waals surface area contributed by atoms with Gasteiger partial charge < -0.3 is 18.9 Å². The number of benzene rings is 1. The van der Waals surface area contributed by atoms with Crippen molar-refractivity contribution in [3.8, 4) is 0 Å². The van der Waals surface area contributed by atoms with Gasteiger partial charge in [0.05, 0.1) is 6.61 Å². The molecule has 2 rings (SSSR count). The van der Waals surface area contributed by atoms with Crippen molar-refractivity contribution in [2.75, 3.05) is 20.8 Å². The fourth-order valence-electron chi connectivity index (χ4n) is 2.36. The molecule has 1 aliphatic rings. The van der Waals surface area contributed by atoms with Crippen molar-refractivity contribution in [2.45, 2.75) is 38.4 Å². The molecule has 0 amide bonds. The first kappa shape index (κ1) is 16.2. The lowest BCUT2D eigenvalue weighted by Crippen LogP contribution is -2.62. The van der Waals surface area contributed by atoms with Gasteiger partial charge in [0.2, 0.25) is 11.6 Å². The van der Waals surface area contributed by atoms with Gasteiger partial charge in [-0.2, -0.15) is 0 Å². The van der Waals surface area contributed by atoms with E-state index in [1.165, 1.54) is 11.1 Å². The minimum Gasteiger partial charge on any atom is -0.349 e. The van der Waals surface area contributed by atoms with Crippen LogP contribution in [0.3, 0.4) is 0 Å². The van der Waals surface area contributed by atoms with Gasteiger partial charge in [0.25, 0.3) is 0 Å². The minimum absolute atomic E-state index is 0.183. The molecule has 3 atom stereocenters. The maximum absolute atomic E-state index is 6.03. The van der Waals surface area contributed by atoms with E-state index < -0.39 is 11.6 Å². The molecular weight excluding hydrogens is 268 g/mol. The van der Waals surface area contributed by atoms with Crippen molar-refractivity contribution in [3.63, 3.8) is 0 Å². The Balaban J connectivity index is 2.12. The molecule has 1 aliphatic heterocycles. The van der Waals surface area contributed by atoms with Crippen LogP contribution in [-0.2, 0) is 18.9 Å². The van der Waals surface area contributed by atoms with Crippen LogP contribution >= 0.6 is 0 Å². The summed E-state index contributed by atoms with van der Waals surface area (Å²) in [6.07, 6.45) is 3.86. The van der Waals surface area contributed by atoms with Gasteiger partial charge in [0.1, 0.15) is 6.10 Å². The smallest absolute Gasteiger partial charge is 0.220 e. The van der Waals surface area contributed by atoms with Crippen molar-refractivity contribution in [3.05, 3.63) is 41.5 Å².